The van der Waals surface area contributed by atoms with Crippen LogP contribution in [0.5, 0.6) is 5.75 Å². The number of hydrogen-bond acceptors (Lipinski definition) is 10. The number of rotatable bonds is 8. The van der Waals surface area contributed by atoms with Crippen LogP contribution in [0.2, 0.25) is 0 Å². The summed E-state index contributed by atoms with van der Waals surface area (Å²) in [5.74, 6) is 1.99. The number of amides is 2. The van der Waals surface area contributed by atoms with Crippen molar-refractivity contribution in [2.75, 3.05) is 55.9 Å². The summed E-state index contributed by atoms with van der Waals surface area (Å²) in [5.41, 5.74) is 3.91. The largest absolute Gasteiger partial charge is 0.495 e. The minimum absolute atomic E-state index is 0.00484. The van der Waals surface area contributed by atoms with E-state index in [0.29, 0.717) is 59.1 Å². The number of aromatic nitrogens is 3. The second kappa shape index (κ2) is 10.8. The predicted octanol–water partition coefficient (Wildman–Crippen LogP) is 2.78. The normalized spacial score (nSPS) is 16.8. The molecular formula is C27H30N8O4S. The zero-order valence-corrected chi connectivity index (χ0v) is 23.0. The molecule has 0 spiro atoms. The molecule has 2 amide bonds. The Bertz CT molecular complexity index is 1530. The summed E-state index contributed by atoms with van der Waals surface area (Å²) in [7, 11) is 3.20. The summed E-state index contributed by atoms with van der Waals surface area (Å²) in [4.78, 5) is 42.2. The van der Waals surface area contributed by atoms with Crippen LogP contribution in [0, 0.1) is 0 Å². The summed E-state index contributed by atoms with van der Waals surface area (Å²) >= 11 is 1.34. The first-order valence-corrected chi connectivity index (χ1v) is 13.9. The number of carbonyl (C=O) groups excluding carboxylic acids is 2. The number of nitrogens with one attached hydrogen (secondary N) is 4. The van der Waals surface area contributed by atoms with Crippen molar-refractivity contribution in [1.82, 2.24) is 25.2 Å². The predicted molar refractivity (Wildman–Crippen MR) is 153 cm³/mol. The van der Waals surface area contributed by atoms with Crippen molar-refractivity contribution in [1.29, 1.82) is 0 Å². The Kier molecular flexibility index (Phi) is 7.00. The van der Waals surface area contributed by atoms with E-state index in [4.69, 9.17) is 9.72 Å². The Labute approximate surface area is 234 Å². The van der Waals surface area contributed by atoms with Crippen LogP contribution in [0.15, 0.2) is 35.8 Å². The van der Waals surface area contributed by atoms with E-state index >= 15 is 0 Å². The van der Waals surface area contributed by atoms with Crippen molar-refractivity contribution in [2.24, 2.45) is 0 Å². The fraction of sp³-hybridized carbons (Fsp3) is 0.333. The third-order valence-corrected chi connectivity index (χ3v) is 8.14. The smallest absolute Gasteiger partial charge is 0.263 e. The van der Waals surface area contributed by atoms with Gasteiger partial charge >= 0.3 is 0 Å². The lowest BCUT2D eigenvalue weighted by molar-refractivity contribution is -0.119. The van der Waals surface area contributed by atoms with Crippen molar-refractivity contribution in [3.05, 3.63) is 46.3 Å². The number of anilines is 5. The highest BCUT2D eigenvalue weighted by Crippen LogP contribution is 2.39. The first-order valence-electron chi connectivity index (χ1n) is 13.0. The van der Waals surface area contributed by atoms with Crippen LogP contribution in [0.3, 0.4) is 0 Å². The number of aliphatic hydroxyl groups excluding tert-OH is 1. The molecule has 1 unspecified atom stereocenters. The SMILES string of the molecule is CNC(=O)c1sccc1Nc1nc(Nc2cc3c(cc2OC)CCN3C(=O)CN2CCC(O)C2)[nH]c2nccc1-2. The maximum atomic E-state index is 13.2. The average molecular weight is 563 g/mol. The van der Waals surface area contributed by atoms with Gasteiger partial charge in [0.15, 0.2) is 0 Å². The van der Waals surface area contributed by atoms with E-state index in [1.165, 1.54) is 11.3 Å². The van der Waals surface area contributed by atoms with E-state index in [1.807, 2.05) is 34.5 Å². The quantitative estimate of drug-likeness (QED) is 0.219. The maximum absolute atomic E-state index is 13.2. The maximum Gasteiger partial charge on any atom is 0.263 e. The van der Waals surface area contributed by atoms with Crippen molar-refractivity contribution in [3.63, 3.8) is 0 Å². The van der Waals surface area contributed by atoms with E-state index in [9.17, 15) is 14.7 Å². The molecule has 1 saturated heterocycles. The highest BCUT2D eigenvalue weighted by Gasteiger charge is 2.30. The number of β-amino-alcohol motifs (C(OH)–C–C–N with tert-alkyl or cyclic N) is 1. The minimum atomic E-state index is -0.369. The standard InChI is InChI=1S/C27H30N8O4S/c1-28-26(38)23-18(6-10-40-23)30-25-17-3-7-29-24(17)32-27(33-25)31-19-12-20-15(11-21(19)39-2)4-9-35(20)22(37)14-34-8-5-16(36)13-34/h3,6-7,10-12,16,36H,4-5,8-9,13-14H2,1-2H3,(H,28,38)(H3,29,30,31,32,33). The number of carbonyl (C=O) groups is 2. The first-order chi connectivity index (χ1) is 19.4. The number of nitrogens with zero attached hydrogens (tertiary/aromatic N) is 4. The number of likely N-dealkylation sites (tertiary alicyclic amines) is 1. The number of hydrogen-bond donors (Lipinski definition) is 5. The molecule has 1 fully saturated rings. The molecule has 1 aromatic carbocycles. The van der Waals surface area contributed by atoms with Crippen LogP contribution in [-0.2, 0) is 11.2 Å². The fourth-order valence-corrected chi connectivity index (χ4v) is 6.01. The number of ether oxygens (including phenoxy) is 1. The Hall–Kier alpha value is -4.20. The van der Waals surface area contributed by atoms with Crippen LogP contribution in [0.1, 0.15) is 21.7 Å². The molecule has 13 heteroatoms. The van der Waals surface area contributed by atoms with E-state index < -0.39 is 0 Å². The van der Waals surface area contributed by atoms with Gasteiger partial charge in [0.05, 0.1) is 36.7 Å². The van der Waals surface area contributed by atoms with Crippen LogP contribution in [0.25, 0.3) is 11.4 Å². The average Bonchev–Trinajstić information content (AvgIpc) is 3.75. The molecule has 4 aliphatic rings. The summed E-state index contributed by atoms with van der Waals surface area (Å²) in [5, 5.41) is 20.9. The molecule has 4 aliphatic heterocycles. The van der Waals surface area contributed by atoms with Crippen LogP contribution >= 0.6 is 11.3 Å². The van der Waals surface area contributed by atoms with Gasteiger partial charge in [-0.05, 0) is 48.1 Å². The zero-order chi connectivity index (χ0) is 27.8. The molecule has 40 heavy (non-hydrogen) atoms. The molecule has 0 bridgehead atoms. The highest BCUT2D eigenvalue weighted by molar-refractivity contribution is 7.12. The van der Waals surface area contributed by atoms with Gasteiger partial charge in [0, 0.05) is 38.6 Å². The molecule has 208 valence electrons. The van der Waals surface area contributed by atoms with E-state index in [0.717, 1.165) is 29.8 Å². The van der Waals surface area contributed by atoms with Gasteiger partial charge in [0.25, 0.3) is 5.91 Å². The molecule has 2 aromatic rings. The molecule has 0 radical (unpaired) electrons. The van der Waals surface area contributed by atoms with Crippen molar-refractivity contribution >= 4 is 52.0 Å². The van der Waals surface area contributed by atoms with Gasteiger partial charge in [0.1, 0.15) is 22.3 Å². The monoisotopic (exact) mass is 562 g/mol. The molecule has 1 aromatic heterocycles. The number of benzene rings is 1. The summed E-state index contributed by atoms with van der Waals surface area (Å²) in [6.07, 6.45) is 2.74. The molecule has 0 saturated carbocycles. The number of aliphatic hydroxyl groups is 1. The van der Waals surface area contributed by atoms with Gasteiger partial charge in [-0.1, -0.05) is 0 Å². The lowest BCUT2D eigenvalue weighted by Gasteiger charge is -2.22. The van der Waals surface area contributed by atoms with Gasteiger partial charge in [-0.15, -0.1) is 11.3 Å². The second-order valence-corrected chi connectivity index (χ2v) is 10.7. The van der Waals surface area contributed by atoms with Gasteiger partial charge in [-0.3, -0.25) is 14.5 Å². The Morgan fingerprint density at radius 3 is 2.88 bits per heavy atom. The molecule has 1 atom stereocenters. The molecule has 5 N–H and O–H groups in total. The summed E-state index contributed by atoms with van der Waals surface area (Å²) < 4.78 is 5.68. The van der Waals surface area contributed by atoms with E-state index in [2.05, 4.69) is 25.9 Å². The lowest BCUT2D eigenvalue weighted by atomic mass is 10.1. The molecule has 6 rings (SSSR count). The number of aromatic amines is 1. The first kappa shape index (κ1) is 26.0. The summed E-state index contributed by atoms with van der Waals surface area (Å²) in [6.45, 7) is 2.10. The van der Waals surface area contributed by atoms with Gasteiger partial charge in [-0.2, -0.15) is 4.98 Å². The molecule has 12 nitrogen and oxygen atoms in total. The third kappa shape index (κ3) is 4.94. The Balaban J connectivity index is 1.29. The van der Waals surface area contributed by atoms with Crippen LogP contribution in [0.4, 0.5) is 28.8 Å². The van der Waals surface area contributed by atoms with Gasteiger partial charge in [-0.25, -0.2) is 4.98 Å². The molecule has 5 heterocycles. The number of H-pyrrole nitrogens is 1. The Morgan fingerprint density at radius 2 is 2.10 bits per heavy atom. The topological polar surface area (TPSA) is 148 Å². The molecule has 0 aliphatic carbocycles. The van der Waals surface area contributed by atoms with Crippen molar-refractivity contribution in [2.45, 2.75) is 18.9 Å². The second-order valence-electron chi connectivity index (χ2n) is 9.79. The van der Waals surface area contributed by atoms with Gasteiger partial charge < -0.3 is 35.7 Å². The number of thiophene rings is 1. The van der Waals surface area contributed by atoms with Crippen molar-refractivity contribution in [3.8, 4) is 17.1 Å². The Morgan fingerprint density at radius 1 is 1.23 bits per heavy atom. The molecular weight excluding hydrogens is 532 g/mol. The highest BCUT2D eigenvalue weighted by atomic mass is 32.1. The zero-order valence-electron chi connectivity index (χ0n) is 22.2. The van der Waals surface area contributed by atoms with Crippen LogP contribution in [-0.4, -0.2) is 83.2 Å². The fourth-order valence-electron chi connectivity index (χ4n) is 5.22. The minimum Gasteiger partial charge on any atom is -0.495 e. The van der Waals surface area contributed by atoms with Gasteiger partial charge in [0.2, 0.25) is 11.9 Å². The number of methoxy groups -OCH3 is 1. The van der Waals surface area contributed by atoms with E-state index in [1.54, 1.807) is 25.3 Å². The summed E-state index contributed by atoms with van der Waals surface area (Å²) in [6, 6.07) is 7.53. The number of fused-ring (bicyclic) bond motifs is 2. The van der Waals surface area contributed by atoms with Crippen molar-refractivity contribution < 1.29 is 19.4 Å². The lowest BCUT2D eigenvalue weighted by Crippen LogP contribution is -2.39. The third-order valence-electron chi connectivity index (χ3n) is 7.22. The van der Waals surface area contributed by atoms with Crippen LogP contribution < -0.4 is 25.6 Å². The van der Waals surface area contributed by atoms with E-state index in [-0.39, 0.29) is 24.5 Å².